The maximum absolute atomic E-state index is 6.19. The van der Waals surface area contributed by atoms with Crippen molar-refractivity contribution >= 4 is 28.9 Å². The molecule has 0 amide bonds. The van der Waals surface area contributed by atoms with Crippen LogP contribution >= 0.6 is 23.2 Å². The van der Waals surface area contributed by atoms with Crippen molar-refractivity contribution in [2.45, 2.75) is 0 Å². The summed E-state index contributed by atoms with van der Waals surface area (Å²) in [6.45, 7) is 0. The van der Waals surface area contributed by atoms with Crippen LogP contribution in [0.5, 0.6) is 0 Å². The Morgan fingerprint density at radius 1 is 1.00 bits per heavy atom. The second-order valence-corrected chi connectivity index (χ2v) is 4.97. The fourth-order valence-corrected chi connectivity index (χ4v) is 2.15. The second-order valence-electron chi connectivity index (χ2n) is 4.13. The van der Waals surface area contributed by atoms with Gasteiger partial charge >= 0.3 is 0 Å². The summed E-state index contributed by atoms with van der Waals surface area (Å²) in [6, 6.07) is 12.4. The van der Waals surface area contributed by atoms with E-state index < -0.39 is 0 Å². The molecule has 2 aromatic carbocycles. The van der Waals surface area contributed by atoms with Crippen LogP contribution in [0.4, 0.5) is 5.69 Å². The summed E-state index contributed by atoms with van der Waals surface area (Å²) in [6.07, 6.45) is 0. The Kier molecular flexibility index (Phi) is 3.30. The maximum Gasteiger partial charge on any atom is 0.188 e. The quantitative estimate of drug-likeness (QED) is 0.738. The van der Waals surface area contributed by atoms with Gasteiger partial charge in [0.1, 0.15) is 0 Å². The highest BCUT2D eigenvalue weighted by Crippen LogP contribution is 2.29. The van der Waals surface area contributed by atoms with E-state index in [9.17, 15) is 0 Å². The van der Waals surface area contributed by atoms with Gasteiger partial charge in [-0.2, -0.15) is 4.68 Å². The molecular formula is C13H9Cl2N5. The molecular weight excluding hydrogens is 297 g/mol. The van der Waals surface area contributed by atoms with E-state index in [1.165, 1.54) is 0 Å². The van der Waals surface area contributed by atoms with Crippen molar-refractivity contribution in [3.63, 3.8) is 0 Å². The minimum atomic E-state index is 0.518. The number of nitrogen functional groups attached to an aromatic ring is 1. The molecule has 0 spiro atoms. The molecule has 3 aromatic rings. The fourth-order valence-electron chi connectivity index (χ4n) is 1.83. The lowest BCUT2D eigenvalue weighted by atomic mass is 10.2. The van der Waals surface area contributed by atoms with E-state index >= 15 is 0 Å². The molecule has 100 valence electrons. The van der Waals surface area contributed by atoms with Crippen molar-refractivity contribution < 1.29 is 0 Å². The standard InChI is InChI=1S/C13H9Cl2N5/c14-8-1-4-10(5-2-8)20-13(17-18-19-20)11-7-9(16)3-6-12(11)15/h1-7H,16H2. The number of nitrogens with zero attached hydrogens (tertiary/aromatic N) is 4. The van der Waals surface area contributed by atoms with Gasteiger partial charge in [0.15, 0.2) is 5.82 Å². The van der Waals surface area contributed by atoms with Crippen LogP contribution in [0.1, 0.15) is 0 Å². The van der Waals surface area contributed by atoms with E-state index in [-0.39, 0.29) is 0 Å². The summed E-state index contributed by atoms with van der Waals surface area (Å²) in [7, 11) is 0. The predicted molar refractivity (Wildman–Crippen MR) is 79.0 cm³/mol. The third-order valence-electron chi connectivity index (χ3n) is 2.77. The molecule has 5 nitrogen and oxygen atoms in total. The van der Waals surface area contributed by atoms with Crippen molar-refractivity contribution in [2.24, 2.45) is 0 Å². The highest BCUT2D eigenvalue weighted by atomic mass is 35.5. The first-order valence-corrected chi connectivity index (χ1v) is 6.50. The zero-order valence-corrected chi connectivity index (χ0v) is 11.7. The molecule has 1 heterocycles. The molecule has 1 aromatic heterocycles. The van der Waals surface area contributed by atoms with Crippen molar-refractivity contribution in [1.29, 1.82) is 0 Å². The second kappa shape index (κ2) is 5.11. The van der Waals surface area contributed by atoms with Gasteiger partial charge in [-0.25, -0.2) is 0 Å². The maximum atomic E-state index is 6.19. The Morgan fingerprint density at radius 3 is 2.50 bits per heavy atom. The first-order chi connectivity index (χ1) is 9.65. The van der Waals surface area contributed by atoms with E-state index in [0.29, 0.717) is 27.1 Å². The van der Waals surface area contributed by atoms with E-state index in [4.69, 9.17) is 28.9 Å². The number of hydrogen-bond acceptors (Lipinski definition) is 4. The van der Waals surface area contributed by atoms with E-state index in [1.54, 1.807) is 35.0 Å². The van der Waals surface area contributed by atoms with Crippen LogP contribution in [0.15, 0.2) is 42.5 Å². The van der Waals surface area contributed by atoms with Gasteiger partial charge in [-0.05, 0) is 52.9 Å². The van der Waals surface area contributed by atoms with Gasteiger partial charge in [0.05, 0.1) is 10.7 Å². The molecule has 0 radical (unpaired) electrons. The molecule has 0 unspecified atom stereocenters. The largest absolute Gasteiger partial charge is 0.399 e. The molecule has 0 fully saturated rings. The smallest absolute Gasteiger partial charge is 0.188 e. The van der Waals surface area contributed by atoms with Gasteiger partial charge < -0.3 is 5.73 Å². The van der Waals surface area contributed by atoms with Crippen molar-refractivity contribution in [3.8, 4) is 17.1 Å². The lowest BCUT2D eigenvalue weighted by molar-refractivity contribution is 0.791. The van der Waals surface area contributed by atoms with Gasteiger partial charge in [-0.1, -0.05) is 23.2 Å². The number of benzene rings is 2. The van der Waals surface area contributed by atoms with E-state index in [0.717, 1.165) is 5.69 Å². The monoisotopic (exact) mass is 305 g/mol. The number of halogens is 2. The number of anilines is 1. The van der Waals surface area contributed by atoms with Crippen LogP contribution in [0.25, 0.3) is 17.1 Å². The van der Waals surface area contributed by atoms with Crippen molar-refractivity contribution in [3.05, 3.63) is 52.5 Å². The SMILES string of the molecule is Nc1ccc(Cl)c(-c2nnnn2-c2ccc(Cl)cc2)c1. The van der Waals surface area contributed by atoms with Gasteiger partial charge in [0, 0.05) is 16.3 Å². The third kappa shape index (κ3) is 2.33. The van der Waals surface area contributed by atoms with Gasteiger partial charge in [-0.3, -0.25) is 0 Å². The predicted octanol–water partition coefficient (Wildman–Crippen LogP) is 3.22. The molecule has 0 saturated heterocycles. The average Bonchev–Trinajstić information content (AvgIpc) is 2.91. The summed E-state index contributed by atoms with van der Waals surface area (Å²) in [5.74, 6) is 0.518. The van der Waals surface area contributed by atoms with Gasteiger partial charge in [0.2, 0.25) is 0 Å². The minimum absolute atomic E-state index is 0.518. The molecule has 0 aliphatic rings. The normalized spacial score (nSPS) is 10.7. The molecule has 0 saturated carbocycles. The first kappa shape index (κ1) is 12.9. The average molecular weight is 306 g/mol. The summed E-state index contributed by atoms with van der Waals surface area (Å²) in [5.41, 5.74) is 7.84. The van der Waals surface area contributed by atoms with E-state index in [1.807, 2.05) is 12.1 Å². The Morgan fingerprint density at radius 2 is 1.75 bits per heavy atom. The molecule has 0 atom stereocenters. The molecule has 2 N–H and O–H groups in total. The Labute approximate surface area is 124 Å². The fraction of sp³-hybridized carbons (Fsp3) is 0. The van der Waals surface area contributed by atoms with Gasteiger partial charge in [-0.15, -0.1) is 5.10 Å². The summed E-state index contributed by atoms with van der Waals surface area (Å²) < 4.78 is 1.58. The summed E-state index contributed by atoms with van der Waals surface area (Å²) in [4.78, 5) is 0. The van der Waals surface area contributed by atoms with Crippen LogP contribution < -0.4 is 5.73 Å². The molecule has 0 aliphatic heterocycles. The lowest BCUT2D eigenvalue weighted by Gasteiger charge is -2.07. The molecule has 0 aliphatic carbocycles. The lowest BCUT2D eigenvalue weighted by Crippen LogP contribution is -2.00. The number of nitrogens with two attached hydrogens (primary N) is 1. The van der Waals surface area contributed by atoms with Crippen LogP contribution in [-0.2, 0) is 0 Å². The van der Waals surface area contributed by atoms with Crippen LogP contribution in [0.3, 0.4) is 0 Å². The highest BCUT2D eigenvalue weighted by molar-refractivity contribution is 6.33. The Balaban J connectivity index is 2.15. The molecule has 3 rings (SSSR count). The molecule has 7 heteroatoms. The van der Waals surface area contributed by atoms with Crippen LogP contribution in [0, 0.1) is 0 Å². The zero-order chi connectivity index (χ0) is 14.1. The van der Waals surface area contributed by atoms with Crippen LogP contribution in [-0.4, -0.2) is 20.2 Å². The first-order valence-electron chi connectivity index (χ1n) is 5.75. The summed E-state index contributed by atoms with van der Waals surface area (Å²) in [5, 5.41) is 12.9. The number of rotatable bonds is 2. The Hall–Kier alpha value is -2.11. The minimum Gasteiger partial charge on any atom is -0.399 e. The number of tetrazole rings is 1. The highest BCUT2D eigenvalue weighted by Gasteiger charge is 2.14. The topological polar surface area (TPSA) is 69.6 Å². The van der Waals surface area contributed by atoms with Gasteiger partial charge in [0.25, 0.3) is 0 Å². The third-order valence-corrected chi connectivity index (χ3v) is 3.35. The molecule has 20 heavy (non-hydrogen) atoms. The zero-order valence-electron chi connectivity index (χ0n) is 10.2. The van der Waals surface area contributed by atoms with Crippen molar-refractivity contribution in [2.75, 3.05) is 5.73 Å². The van der Waals surface area contributed by atoms with E-state index in [2.05, 4.69) is 15.5 Å². The Bertz CT molecular complexity index is 752. The molecule has 0 bridgehead atoms. The number of aromatic nitrogens is 4. The summed E-state index contributed by atoms with van der Waals surface area (Å²) >= 11 is 12.1. The van der Waals surface area contributed by atoms with Crippen LogP contribution in [0.2, 0.25) is 10.0 Å². The number of hydrogen-bond donors (Lipinski definition) is 1. The van der Waals surface area contributed by atoms with Crippen molar-refractivity contribution in [1.82, 2.24) is 20.2 Å².